The van der Waals surface area contributed by atoms with E-state index < -0.39 is 0 Å². The van der Waals surface area contributed by atoms with Gasteiger partial charge in [-0.3, -0.25) is 0 Å². The summed E-state index contributed by atoms with van der Waals surface area (Å²) in [6, 6.07) is 4.98. The van der Waals surface area contributed by atoms with Gasteiger partial charge in [-0.1, -0.05) is 18.7 Å². The van der Waals surface area contributed by atoms with Crippen molar-refractivity contribution < 1.29 is 9.13 Å². The molecule has 0 aromatic heterocycles. The summed E-state index contributed by atoms with van der Waals surface area (Å²) in [5.74, 6) is -0.0123. The van der Waals surface area contributed by atoms with Crippen LogP contribution in [-0.4, -0.2) is 12.1 Å². The fourth-order valence-corrected chi connectivity index (χ4v) is 1.41. The molecule has 0 saturated carbocycles. The summed E-state index contributed by atoms with van der Waals surface area (Å²) in [4.78, 5) is 0. The van der Waals surface area contributed by atoms with Gasteiger partial charge in [0.2, 0.25) is 0 Å². The van der Waals surface area contributed by atoms with E-state index in [4.69, 9.17) is 4.74 Å². The maximum Gasteiger partial charge on any atom is 0.165 e. The summed E-state index contributed by atoms with van der Waals surface area (Å²) < 4.78 is 19.2. The Morgan fingerprint density at radius 2 is 2.06 bits per heavy atom. The molecule has 18 heavy (non-hydrogen) atoms. The zero-order chi connectivity index (χ0) is 13.8. The lowest BCUT2D eigenvalue weighted by Crippen LogP contribution is -2.35. The zero-order valence-electron chi connectivity index (χ0n) is 11.6. The van der Waals surface area contributed by atoms with Crippen molar-refractivity contribution in [3.05, 3.63) is 41.7 Å². The van der Waals surface area contributed by atoms with Gasteiger partial charge in [0.05, 0.1) is 0 Å². The van der Waals surface area contributed by atoms with Gasteiger partial charge in [0, 0.05) is 17.6 Å². The van der Waals surface area contributed by atoms with Crippen molar-refractivity contribution in [2.45, 2.75) is 39.8 Å². The van der Waals surface area contributed by atoms with Crippen LogP contribution < -0.4 is 10.1 Å². The lowest BCUT2D eigenvalue weighted by atomic mass is 10.1. The van der Waals surface area contributed by atoms with Crippen molar-refractivity contribution in [3.63, 3.8) is 0 Å². The van der Waals surface area contributed by atoms with Crippen molar-refractivity contribution in [3.8, 4) is 5.75 Å². The van der Waals surface area contributed by atoms with E-state index in [1.54, 1.807) is 6.07 Å². The number of halogens is 1. The van der Waals surface area contributed by atoms with Crippen LogP contribution in [0.3, 0.4) is 0 Å². The summed E-state index contributed by atoms with van der Waals surface area (Å²) in [7, 11) is 0. The Morgan fingerprint density at radius 3 is 2.61 bits per heavy atom. The minimum absolute atomic E-state index is 0.0159. The highest BCUT2D eigenvalue weighted by Crippen LogP contribution is 2.23. The van der Waals surface area contributed by atoms with E-state index in [-0.39, 0.29) is 11.4 Å². The number of rotatable bonds is 5. The summed E-state index contributed by atoms with van der Waals surface area (Å²) in [6.45, 7) is 12.7. The van der Waals surface area contributed by atoms with Gasteiger partial charge in [-0.05, 0) is 39.3 Å². The van der Waals surface area contributed by atoms with Gasteiger partial charge in [0.1, 0.15) is 6.61 Å². The fourth-order valence-electron chi connectivity index (χ4n) is 1.41. The minimum atomic E-state index is -0.329. The number of benzene rings is 1. The zero-order valence-corrected chi connectivity index (χ0v) is 11.6. The van der Waals surface area contributed by atoms with E-state index >= 15 is 0 Å². The van der Waals surface area contributed by atoms with Crippen LogP contribution in [0.15, 0.2) is 30.4 Å². The largest absolute Gasteiger partial charge is 0.486 e. The fraction of sp³-hybridized carbons (Fsp3) is 0.467. The molecule has 0 heterocycles. The van der Waals surface area contributed by atoms with E-state index in [2.05, 4.69) is 32.7 Å². The monoisotopic (exact) mass is 251 g/mol. The maximum atomic E-state index is 13.7. The molecule has 1 aromatic rings. The third-order valence-electron chi connectivity index (χ3n) is 2.32. The van der Waals surface area contributed by atoms with Crippen LogP contribution in [0.1, 0.15) is 33.3 Å². The Hall–Kier alpha value is -1.35. The number of ether oxygens (including phenoxy) is 1. The first-order valence-corrected chi connectivity index (χ1v) is 6.09. The summed E-state index contributed by atoms with van der Waals surface area (Å²) >= 11 is 0. The van der Waals surface area contributed by atoms with Crippen LogP contribution in [0.4, 0.5) is 4.39 Å². The van der Waals surface area contributed by atoms with Crippen LogP contribution in [-0.2, 0) is 6.54 Å². The Kier molecular flexibility index (Phi) is 4.91. The smallest absolute Gasteiger partial charge is 0.165 e. The Labute approximate surface area is 109 Å². The number of hydrogen-bond donors (Lipinski definition) is 1. The molecule has 1 N–H and O–H groups in total. The predicted octanol–water partition coefficient (Wildman–Crippen LogP) is 3.67. The molecule has 2 nitrogen and oxygen atoms in total. The molecule has 0 aliphatic rings. The van der Waals surface area contributed by atoms with Gasteiger partial charge >= 0.3 is 0 Å². The summed E-state index contributed by atoms with van der Waals surface area (Å²) in [6.07, 6.45) is 0. The Balaban J connectivity index is 2.83. The third-order valence-corrected chi connectivity index (χ3v) is 2.32. The Bertz CT molecular complexity index is 421. The molecule has 1 rings (SSSR count). The third kappa shape index (κ3) is 4.88. The first-order chi connectivity index (χ1) is 8.29. The highest BCUT2D eigenvalue weighted by Gasteiger charge is 2.13. The topological polar surface area (TPSA) is 21.3 Å². The second kappa shape index (κ2) is 6.01. The highest BCUT2D eigenvalue weighted by atomic mass is 19.1. The van der Waals surface area contributed by atoms with E-state index in [1.807, 2.05) is 13.0 Å². The first-order valence-electron chi connectivity index (χ1n) is 6.09. The molecule has 100 valence electrons. The van der Waals surface area contributed by atoms with Crippen LogP contribution in [0, 0.1) is 5.82 Å². The van der Waals surface area contributed by atoms with Crippen molar-refractivity contribution in [2.24, 2.45) is 0 Å². The van der Waals surface area contributed by atoms with Gasteiger partial charge in [0.15, 0.2) is 11.6 Å². The lowest BCUT2D eigenvalue weighted by molar-refractivity contribution is 0.324. The van der Waals surface area contributed by atoms with E-state index in [0.29, 0.717) is 18.9 Å². The lowest BCUT2D eigenvalue weighted by Gasteiger charge is -2.21. The van der Waals surface area contributed by atoms with Crippen molar-refractivity contribution in [1.82, 2.24) is 5.32 Å². The van der Waals surface area contributed by atoms with E-state index in [9.17, 15) is 4.39 Å². The van der Waals surface area contributed by atoms with Crippen LogP contribution in [0.25, 0.3) is 0 Å². The summed E-state index contributed by atoms with van der Waals surface area (Å²) in [5.41, 5.74) is 1.68. The summed E-state index contributed by atoms with van der Waals surface area (Å²) in [5, 5.41) is 3.32. The number of para-hydroxylation sites is 1. The van der Waals surface area contributed by atoms with Crippen LogP contribution in [0.5, 0.6) is 5.75 Å². The molecule has 0 atom stereocenters. The van der Waals surface area contributed by atoms with Gasteiger partial charge in [0.25, 0.3) is 0 Å². The average Bonchev–Trinajstić information content (AvgIpc) is 2.23. The van der Waals surface area contributed by atoms with E-state index in [1.165, 1.54) is 6.07 Å². The average molecular weight is 251 g/mol. The molecule has 0 radical (unpaired) electrons. The molecule has 3 heteroatoms. The molecular formula is C15H22FNO. The van der Waals surface area contributed by atoms with Crippen molar-refractivity contribution in [1.29, 1.82) is 0 Å². The number of nitrogens with one attached hydrogen (secondary N) is 1. The Morgan fingerprint density at radius 1 is 1.39 bits per heavy atom. The molecule has 0 amide bonds. The van der Waals surface area contributed by atoms with E-state index in [0.717, 1.165) is 11.1 Å². The maximum absolute atomic E-state index is 13.7. The first kappa shape index (κ1) is 14.7. The molecule has 0 unspecified atom stereocenters. The molecular weight excluding hydrogens is 229 g/mol. The quantitative estimate of drug-likeness (QED) is 0.806. The second-order valence-corrected chi connectivity index (χ2v) is 5.58. The molecule has 0 aliphatic heterocycles. The predicted molar refractivity (Wildman–Crippen MR) is 73.3 cm³/mol. The van der Waals surface area contributed by atoms with Crippen molar-refractivity contribution >= 4 is 0 Å². The molecule has 0 bridgehead atoms. The number of hydrogen-bond acceptors (Lipinski definition) is 2. The van der Waals surface area contributed by atoms with Gasteiger partial charge in [-0.25, -0.2) is 4.39 Å². The minimum Gasteiger partial charge on any atom is -0.486 e. The van der Waals surface area contributed by atoms with Gasteiger partial charge in [-0.2, -0.15) is 0 Å². The van der Waals surface area contributed by atoms with Crippen molar-refractivity contribution in [2.75, 3.05) is 6.61 Å². The molecule has 0 spiro atoms. The normalized spacial score (nSPS) is 11.4. The molecule has 1 aromatic carbocycles. The highest BCUT2D eigenvalue weighted by molar-refractivity contribution is 5.35. The van der Waals surface area contributed by atoms with Crippen LogP contribution >= 0.6 is 0 Å². The standard InChI is InChI=1S/C15H22FNO/c1-11(2)10-18-14-12(7-6-8-13(14)16)9-17-15(3,4)5/h6-8,17H,1,9-10H2,2-5H3. The van der Waals surface area contributed by atoms with Gasteiger partial charge in [-0.15, -0.1) is 0 Å². The molecule has 0 saturated heterocycles. The SMILES string of the molecule is C=C(C)COc1c(F)cccc1CNC(C)(C)C. The van der Waals surface area contributed by atoms with Crippen LogP contribution in [0.2, 0.25) is 0 Å². The molecule has 0 aliphatic carbocycles. The second-order valence-electron chi connectivity index (χ2n) is 5.58. The molecule has 0 fully saturated rings. The van der Waals surface area contributed by atoms with Gasteiger partial charge < -0.3 is 10.1 Å².